The number of alkyl halides is 1. The number of hydrogen-bond donors (Lipinski definition) is 1. The Labute approximate surface area is 165 Å². The topological polar surface area (TPSA) is 67.6 Å². The predicted octanol–water partition coefficient (Wildman–Crippen LogP) is 2.64. The van der Waals surface area contributed by atoms with Crippen LogP contribution >= 0.6 is 0 Å². The van der Waals surface area contributed by atoms with Crippen LogP contribution in [0.1, 0.15) is 24.0 Å². The van der Waals surface area contributed by atoms with Gasteiger partial charge in [0.25, 0.3) is 0 Å². The zero-order valence-corrected chi connectivity index (χ0v) is 15.5. The van der Waals surface area contributed by atoms with Crippen molar-refractivity contribution in [2.75, 3.05) is 18.1 Å². The molecule has 1 saturated heterocycles. The van der Waals surface area contributed by atoms with E-state index in [0.717, 1.165) is 31.4 Å². The predicted molar refractivity (Wildman–Crippen MR) is 101 cm³/mol. The normalized spacial score (nSPS) is 27.8. The lowest BCUT2D eigenvalue weighted by Gasteiger charge is -2.30. The SMILES string of the molecule is C=C1NC(F)COc2ncc(F)cc2[C@@]23C[C@@H]2CCN3c2ccn3ncc1c3n2. The zero-order chi connectivity index (χ0) is 19.8. The molecule has 3 aromatic rings. The number of rotatable bonds is 0. The summed E-state index contributed by atoms with van der Waals surface area (Å²) in [7, 11) is 0. The Kier molecular flexibility index (Phi) is 3.25. The average molecular weight is 396 g/mol. The van der Waals surface area contributed by atoms with Gasteiger partial charge in [-0.2, -0.15) is 5.10 Å². The smallest absolute Gasteiger partial charge is 0.219 e. The fourth-order valence-corrected chi connectivity index (χ4v) is 4.80. The van der Waals surface area contributed by atoms with Gasteiger partial charge in [0.15, 0.2) is 5.65 Å². The maximum Gasteiger partial charge on any atom is 0.219 e. The number of halogens is 2. The Morgan fingerprint density at radius 1 is 1.34 bits per heavy atom. The van der Waals surface area contributed by atoms with E-state index in [4.69, 9.17) is 9.72 Å². The monoisotopic (exact) mass is 396 g/mol. The fourth-order valence-electron chi connectivity index (χ4n) is 4.80. The van der Waals surface area contributed by atoms with Crippen LogP contribution in [0.3, 0.4) is 0 Å². The van der Waals surface area contributed by atoms with Crippen LogP contribution < -0.4 is 15.0 Å². The van der Waals surface area contributed by atoms with Crippen molar-refractivity contribution in [2.24, 2.45) is 5.92 Å². The van der Waals surface area contributed by atoms with Crippen LogP contribution in [0.25, 0.3) is 11.3 Å². The standard InChI is InChI=1S/C20H18F2N6O/c1-11-14-9-24-28-5-3-17(26-18(14)28)27-4-2-12-7-20(12,27)15-6-13(21)8-23-19(15)29-10-16(22)25-11/h3,5-6,8-9,12,16,25H,1-2,4,7,10H2/t12-,16?,20+/m0/s1. The lowest BCUT2D eigenvalue weighted by atomic mass is 10.0. The van der Waals surface area contributed by atoms with Crippen molar-refractivity contribution < 1.29 is 13.5 Å². The van der Waals surface area contributed by atoms with E-state index < -0.39 is 17.7 Å². The Hall–Kier alpha value is -3.23. The molecule has 2 bridgehead atoms. The molecule has 148 valence electrons. The summed E-state index contributed by atoms with van der Waals surface area (Å²) < 4.78 is 36.1. The molecule has 29 heavy (non-hydrogen) atoms. The molecule has 2 fully saturated rings. The largest absolute Gasteiger partial charge is 0.472 e. The minimum Gasteiger partial charge on any atom is -0.472 e. The summed E-state index contributed by atoms with van der Waals surface area (Å²) in [5, 5.41) is 6.98. The molecule has 0 radical (unpaired) electrons. The van der Waals surface area contributed by atoms with Crippen LogP contribution in [0.5, 0.6) is 5.88 Å². The maximum absolute atomic E-state index is 14.6. The van der Waals surface area contributed by atoms with Gasteiger partial charge in [-0.1, -0.05) is 6.58 Å². The second-order valence-corrected chi connectivity index (χ2v) is 7.79. The number of piperidine rings is 1. The third-order valence-electron chi connectivity index (χ3n) is 6.19. The fraction of sp³-hybridized carbons (Fsp3) is 0.350. The molecule has 5 heterocycles. The number of ether oxygens (including phenoxy) is 1. The first-order valence-electron chi connectivity index (χ1n) is 9.57. The van der Waals surface area contributed by atoms with Crippen LogP contribution in [0.4, 0.5) is 14.6 Å². The highest BCUT2D eigenvalue weighted by Crippen LogP contribution is 2.64. The van der Waals surface area contributed by atoms with Crippen LogP contribution in [0, 0.1) is 11.7 Å². The van der Waals surface area contributed by atoms with E-state index in [2.05, 4.69) is 26.9 Å². The second-order valence-electron chi connectivity index (χ2n) is 7.79. The summed E-state index contributed by atoms with van der Waals surface area (Å²) in [6.45, 7) is 4.44. The summed E-state index contributed by atoms with van der Waals surface area (Å²) in [6, 6.07) is 3.36. The number of aromatic nitrogens is 4. The van der Waals surface area contributed by atoms with Gasteiger partial charge in [0, 0.05) is 24.0 Å². The van der Waals surface area contributed by atoms with Gasteiger partial charge < -0.3 is 15.0 Å². The van der Waals surface area contributed by atoms with Gasteiger partial charge in [0.2, 0.25) is 12.2 Å². The maximum atomic E-state index is 14.6. The Balaban J connectivity index is 1.57. The number of anilines is 1. The van der Waals surface area contributed by atoms with E-state index in [1.165, 1.54) is 6.07 Å². The molecule has 0 aromatic carbocycles. The molecule has 1 spiro atoms. The highest BCUT2D eigenvalue weighted by atomic mass is 19.1. The van der Waals surface area contributed by atoms with Gasteiger partial charge >= 0.3 is 0 Å². The molecular formula is C20H18F2N6O. The van der Waals surface area contributed by atoms with Gasteiger partial charge in [0.1, 0.15) is 18.2 Å². The molecule has 6 rings (SSSR count). The molecule has 1 N–H and O–H groups in total. The van der Waals surface area contributed by atoms with Gasteiger partial charge in [-0.25, -0.2) is 23.3 Å². The highest BCUT2D eigenvalue weighted by Gasteiger charge is 2.65. The van der Waals surface area contributed by atoms with Crippen molar-refractivity contribution in [3.8, 4) is 5.88 Å². The molecule has 7 nitrogen and oxygen atoms in total. The van der Waals surface area contributed by atoms with Crippen molar-refractivity contribution in [1.29, 1.82) is 0 Å². The van der Waals surface area contributed by atoms with E-state index in [-0.39, 0.29) is 12.5 Å². The Morgan fingerprint density at radius 3 is 3.10 bits per heavy atom. The summed E-state index contributed by atoms with van der Waals surface area (Å²) in [4.78, 5) is 11.1. The first-order chi connectivity index (χ1) is 14.1. The first-order valence-corrected chi connectivity index (χ1v) is 9.57. The molecule has 3 atom stereocenters. The third kappa shape index (κ3) is 2.30. The third-order valence-corrected chi connectivity index (χ3v) is 6.19. The highest BCUT2D eigenvalue weighted by molar-refractivity contribution is 5.74. The van der Waals surface area contributed by atoms with Crippen LogP contribution in [-0.4, -0.2) is 39.0 Å². The van der Waals surface area contributed by atoms with E-state index in [1.807, 2.05) is 12.3 Å². The van der Waals surface area contributed by atoms with Crippen LogP contribution in [-0.2, 0) is 5.54 Å². The molecule has 9 heteroatoms. The van der Waals surface area contributed by atoms with Gasteiger partial charge in [0.05, 0.1) is 23.5 Å². The zero-order valence-electron chi connectivity index (χ0n) is 15.5. The molecule has 1 aliphatic carbocycles. The first kappa shape index (κ1) is 16.7. The van der Waals surface area contributed by atoms with E-state index in [1.54, 1.807) is 10.7 Å². The van der Waals surface area contributed by atoms with Gasteiger partial charge in [-0.05, 0) is 30.9 Å². The van der Waals surface area contributed by atoms with Crippen molar-refractivity contribution in [3.05, 3.63) is 54.2 Å². The molecule has 0 amide bonds. The van der Waals surface area contributed by atoms with Crippen molar-refractivity contribution in [1.82, 2.24) is 24.9 Å². The molecule has 1 saturated carbocycles. The van der Waals surface area contributed by atoms with Gasteiger partial charge in [-0.15, -0.1) is 0 Å². The lowest BCUT2D eigenvalue weighted by molar-refractivity contribution is 0.174. The summed E-state index contributed by atoms with van der Waals surface area (Å²) in [5.41, 5.74) is 1.80. The molecule has 1 unspecified atom stereocenters. The second kappa shape index (κ2) is 5.65. The Morgan fingerprint density at radius 2 is 2.24 bits per heavy atom. The van der Waals surface area contributed by atoms with Gasteiger partial charge in [-0.3, -0.25) is 0 Å². The quantitative estimate of drug-likeness (QED) is 0.590. The minimum absolute atomic E-state index is 0.263. The summed E-state index contributed by atoms with van der Waals surface area (Å²) >= 11 is 0. The number of fused-ring (bicyclic) bond motifs is 3. The van der Waals surface area contributed by atoms with Crippen molar-refractivity contribution in [3.63, 3.8) is 0 Å². The molecule has 3 aromatic heterocycles. The molecular weight excluding hydrogens is 378 g/mol. The number of hydrogen-bond acceptors (Lipinski definition) is 6. The van der Waals surface area contributed by atoms with E-state index in [9.17, 15) is 8.78 Å². The number of pyridine rings is 1. The summed E-state index contributed by atoms with van der Waals surface area (Å²) in [6.07, 6.45) is 4.85. The molecule has 3 aliphatic rings. The van der Waals surface area contributed by atoms with Crippen LogP contribution in [0.15, 0.2) is 37.3 Å². The van der Waals surface area contributed by atoms with E-state index >= 15 is 0 Å². The van der Waals surface area contributed by atoms with Crippen molar-refractivity contribution >= 4 is 17.2 Å². The van der Waals surface area contributed by atoms with Crippen molar-refractivity contribution in [2.45, 2.75) is 24.7 Å². The summed E-state index contributed by atoms with van der Waals surface area (Å²) in [5.74, 6) is 0.945. The number of nitrogens with zero attached hydrogens (tertiary/aromatic N) is 5. The van der Waals surface area contributed by atoms with E-state index in [0.29, 0.717) is 28.4 Å². The van der Waals surface area contributed by atoms with Crippen LogP contribution in [0.2, 0.25) is 0 Å². The number of nitrogens with one attached hydrogen (secondary N) is 1. The molecule has 2 aliphatic heterocycles. The Bertz CT molecular complexity index is 1160. The lowest BCUT2D eigenvalue weighted by Crippen LogP contribution is -2.34. The average Bonchev–Trinajstić information content (AvgIpc) is 3.09. The minimum atomic E-state index is -1.52.